The van der Waals surface area contributed by atoms with Crippen LogP contribution in [0.1, 0.15) is 24.5 Å². The number of hydrogen-bond acceptors (Lipinski definition) is 4. The smallest absolute Gasteiger partial charge is 0.416 e. The van der Waals surface area contributed by atoms with Crippen molar-refractivity contribution in [1.82, 2.24) is 0 Å². The highest BCUT2D eigenvalue weighted by molar-refractivity contribution is 8.00. The average molecular weight is 419 g/mol. The lowest BCUT2D eigenvalue weighted by Crippen LogP contribution is -2.17. The summed E-state index contributed by atoms with van der Waals surface area (Å²) in [6.45, 7) is 3.77. The van der Waals surface area contributed by atoms with Crippen LogP contribution in [0.4, 0.5) is 13.2 Å². The van der Waals surface area contributed by atoms with Crippen molar-refractivity contribution >= 4 is 29.3 Å². The lowest BCUT2D eigenvalue weighted by atomic mass is 10.2. The Balaban J connectivity index is 2.24. The molecule has 0 saturated carbocycles. The van der Waals surface area contributed by atoms with E-state index in [9.17, 15) is 18.0 Å². The quantitative estimate of drug-likeness (QED) is 0.396. The highest BCUT2D eigenvalue weighted by Gasteiger charge is 2.31. The fourth-order valence-electron chi connectivity index (χ4n) is 2.24. The molecule has 27 heavy (non-hydrogen) atoms. The van der Waals surface area contributed by atoms with E-state index < -0.39 is 11.7 Å². The Kier molecular flexibility index (Phi) is 7.06. The molecule has 0 heterocycles. The largest absolute Gasteiger partial charge is 0.468 e. The monoisotopic (exact) mass is 418 g/mol. The number of hydrogen-bond donors (Lipinski definition) is 0. The van der Waals surface area contributed by atoms with Crippen molar-refractivity contribution in [2.75, 3.05) is 7.11 Å². The Bertz CT molecular complexity index is 824. The molecule has 0 aliphatic heterocycles. The highest BCUT2D eigenvalue weighted by atomic mass is 35.5. The molecule has 0 spiro atoms. The van der Waals surface area contributed by atoms with Crippen molar-refractivity contribution < 1.29 is 27.4 Å². The first-order valence-electron chi connectivity index (χ1n) is 8.05. The zero-order valence-corrected chi connectivity index (χ0v) is 16.5. The molecule has 2 aromatic rings. The van der Waals surface area contributed by atoms with Gasteiger partial charge in [-0.2, -0.15) is 13.2 Å². The number of ether oxygens (including phenoxy) is 2. The summed E-state index contributed by atoms with van der Waals surface area (Å²) in [7, 11) is 1.34. The molecule has 0 aliphatic rings. The summed E-state index contributed by atoms with van der Waals surface area (Å²) in [5, 5.41) is -0.501. The first kappa shape index (κ1) is 21.4. The van der Waals surface area contributed by atoms with Crippen molar-refractivity contribution in [3.63, 3.8) is 0 Å². The minimum Gasteiger partial charge on any atom is -0.468 e. The maximum atomic E-state index is 12.7. The molecular formula is C19H18ClF3O3S. The summed E-state index contributed by atoms with van der Waals surface area (Å²) in [5.41, 5.74) is 0.0945. The zero-order chi connectivity index (χ0) is 20.2. The Labute approximate surface area is 164 Å². The molecule has 8 heteroatoms. The number of esters is 1. The van der Waals surface area contributed by atoms with Gasteiger partial charge in [-0.25, -0.2) is 0 Å². The van der Waals surface area contributed by atoms with Crippen LogP contribution in [0.25, 0.3) is 0 Å². The second-order valence-corrected chi connectivity index (χ2v) is 7.36. The maximum absolute atomic E-state index is 12.7. The second kappa shape index (κ2) is 8.89. The fourth-order valence-corrected chi connectivity index (χ4v) is 3.56. The molecule has 2 aromatic carbocycles. The first-order chi connectivity index (χ1) is 12.7. The molecule has 2 rings (SSSR count). The van der Waals surface area contributed by atoms with Crippen LogP contribution in [0.2, 0.25) is 5.02 Å². The van der Waals surface area contributed by atoms with E-state index in [2.05, 4.69) is 0 Å². The van der Waals surface area contributed by atoms with Crippen LogP contribution in [0.5, 0.6) is 11.5 Å². The standard InChI is InChI=1S/C19H18ClF3O3S/c1-4-16(18(24)25-3)27-17-10-13(7-5-11(17)2)26-15-8-6-12(9-14(15)20)19(21,22)23/h5-10,16H,4H2,1-3H3. The molecule has 1 atom stereocenters. The Morgan fingerprint density at radius 2 is 1.93 bits per heavy atom. The van der Waals surface area contributed by atoms with Crippen molar-refractivity contribution in [2.45, 2.75) is 36.6 Å². The number of thioether (sulfide) groups is 1. The maximum Gasteiger partial charge on any atom is 0.416 e. The van der Waals surface area contributed by atoms with Gasteiger partial charge in [-0.3, -0.25) is 4.79 Å². The number of alkyl halides is 3. The molecule has 0 aliphatic carbocycles. The van der Waals surface area contributed by atoms with Crippen molar-refractivity contribution in [3.05, 3.63) is 52.5 Å². The van der Waals surface area contributed by atoms with Crippen LogP contribution in [0, 0.1) is 6.92 Å². The number of benzene rings is 2. The molecule has 0 N–H and O–H groups in total. The molecule has 1 unspecified atom stereocenters. The minimum absolute atomic E-state index is 0.115. The van der Waals surface area contributed by atoms with Crippen LogP contribution in [0.3, 0.4) is 0 Å². The predicted octanol–water partition coefficient (Wildman–Crippen LogP) is 6.50. The van der Waals surface area contributed by atoms with E-state index in [-0.39, 0.29) is 22.0 Å². The Morgan fingerprint density at radius 3 is 2.48 bits per heavy atom. The topological polar surface area (TPSA) is 35.5 Å². The van der Waals surface area contributed by atoms with E-state index in [1.807, 2.05) is 13.8 Å². The number of methoxy groups -OCH3 is 1. The summed E-state index contributed by atoms with van der Waals surface area (Å²) in [4.78, 5) is 12.6. The lowest BCUT2D eigenvalue weighted by molar-refractivity contribution is -0.140. The van der Waals surface area contributed by atoms with Gasteiger partial charge in [0, 0.05) is 4.90 Å². The van der Waals surface area contributed by atoms with Crippen LogP contribution in [-0.4, -0.2) is 18.3 Å². The van der Waals surface area contributed by atoms with Crippen LogP contribution in [-0.2, 0) is 15.7 Å². The molecule has 3 nitrogen and oxygen atoms in total. The average Bonchev–Trinajstić information content (AvgIpc) is 2.62. The SMILES string of the molecule is CCC(Sc1cc(Oc2ccc(C(F)(F)F)cc2Cl)ccc1C)C(=O)OC. The predicted molar refractivity (Wildman–Crippen MR) is 99.7 cm³/mol. The second-order valence-electron chi connectivity index (χ2n) is 5.71. The van der Waals surface area contributed by atoms with Gasteiger partial charge in [-0.1, -0.05) is 24.6 Å². The zero-order valence-electron chi connectivity index (χ0n) is 14.9. The van der Waals surface area contributed by atoms with E-state index in [0.717, 1.165) is 22.6 Å². The van der Waals surface area contributed by atoms with Gasteiger partial charge in [0.25, 0.3) is 0 Å². The number of aryl methyl sites for hydroxylation is 1. The number of carbonyl (C=O) groups excluding carboxylic acids is 1. The van der Waals surface area contributed by atoms with Gasteiger partial charge in [-0.05, 0) is 49.2 Å². The van der Waals surface area contributed by atoms with Gasteiger partial charge < -0.3 is 9.47 Å². The summed E-state index contributed by atoms with van der Waals surface area (Å²) >= 11 is 7.28. The summed E-state index contributed by atoms with van der Waals surface area (Å²) in [6.07, 6.45) is -3.88. The van der Waals surface area contributed by atoms with Crippen molar-refractivity contribution in [2.24, 2.45) is 0 Å². The van der Waals surface area contributed by atoms with Gasteiger partial charge in [-0.15, -0.1) is 11.8 Å². The fraction of sp³-hybridized carbons (Fsp3) is 0.316. The van der Waals surface area contributed by atoms with Crippen LogP contribution >= 0.6 is 23.4 Å². The summed E-state index contributed by atoms with van der Waals surface area (Å²) in [6, 6.07) is 8.13. The molecule has 0 aromatic heterocycles. The van der Waals surface area contributed by atoms with Crippen molar-refractivity contribution in [3.8, 4) is 11.5 Å². The highest BCUT2D eigenvalue weighted by Crippen LogP contribution is 2.38. The third-order valence-electron chi connectivity index (χ3n) is 3.75. The van der Waals surface area contributed by atoms with Gasteiger partial charge in [0.05, 0.1) is 17.7 Å². The molecule has 0 bridgehead atoms. The van der Waals surface area contributed by atoms with Crippen molar-refractivity contribution in [1.29, 1.82) is 0 Å². The molecule has 0 fully saturated rings. The van der Waals surface area contributed by atoms with E-state index in [0.29, 0.717) is 12.2 Å². The minimum atomic E-state index is -4.47. The van der Waals surface area contributed by atoms with Crippen LogP contribution < -0.4 is 4.74 Å². The van der Waals surface area contributed by atoms with E-state index >= 15 is 0 Å². The number of carbonyl (C=O) groups is 1. The molecular weight excluding hydrogens is 401 g/mol. The third kappa shape index (κ3) is 5.56. The van der Waals surface area contributed by atoms with Crippen LogP contribution in [0.15, 0.2) is 41.3 Å². The third-order valence-corrected chi connectivity index (χ3v) is 5.55. The lowest BCUT2D eigenvalue weighted by Gasteiger charge is -2.15. The molecule has 0 saturated heterocycles. The Hall–Kier alpha value is -1.86. The van der Waals surface area contributed by atoms with Gasteiger partial charge >= 0.3 is 12.1 Å². The molecule has 0 amide bonds. The van der Waals surface area contributed by atoms with Gasteiger partial charge in [0.2, 0.25) is 0 Å². The van der Waals surface area contributed by atoms with Gasteiger partial charge in [0.1, 0.15) is 16.7 Å². The molecule has 0 radical (unpaired) electrons. The summed E-state index contributed by atoms with van der Waals surface area (Å²) in [5.74, 6) is 0.202. The van der Waals surface area contributed by atoms with E-state index in [1.54, 1.807) is 18.2 Å². The number of rotatable bonds is 6. The number of halogens is 4. The normalized spacial score (nSPS) is 12.6. The Morgan fingerprint density at radius 1 is 1.22 bits per heavy atom. The van der Waals surface area contributed by atoms with E-state index in [1.165, 1.54) is 24.9 Å². The molecule has 146 valence electrons. The van der Waals surface area contributed by atoms with E-state index in [4.69, 9.17) is 21.1 Å². The summed E-state index contributed by atoms with van der Waals surface area (Å²) < 4.78 is 48.6. The first-order valence-corrected chi connectivity index (χ1v) is 9.31. The van der Waals surface area contributed by atoms with Gasteiger partial charge in [0.15, 0.2) is 0 Å².